The molecule has 0 amide bonds. The maximum atomic E-state index is 2.43. The van der Waals surface area contributed by atoms with Crippen molar-refractivity contribution in [3.63, 3.8) is 0 Å². The smallest absolute Gasteiger partial charge is 0.0541 e. The molecule has 20 rings (SSSR count). The first-order valence-electron chi connectivity index (χ1n) is 37.7. The Kier molecular flexibility index (Phi) is 16.0. The Morgan fingerprint density at radius 2 is 0.380 bits per heavy atom. The fraction of sp³-hybridized carbons (Fsp3) is 0.0769. The van der Waals surface area contributed by atoms with Gasteiger partial charge in [0.1, 0.15) is 0 Å². The molecule has 4 heterocycles. The predicted octanol–water partition coefficient (Wildman–Crippen LogP) is 28.4. The van der Waals surface area contributed by atoms with Crippen LogP contribution in [0.25, 0.3) is 177 Å². The van der Waals surface area contributed by atoms with Crippen LogP contribution in [0, 0.1) is 0 Å². The molecular formula is C104H80N4. The highest BCUT2D eigenvalue weighted by molar-refractivity contribution is 6.15. The first-order valence-corrected chi connectivity index (χ1v) is 37.7. The van der Waals surface area contributed by atoms with Crippen LogP contribution in [0.1, 0.15) is 52.7 Å². The van der Waals surface area contributed by atoms with Crippen LogP contribution in [-0.4, -0.2) is 18.3 Å². The number of aromatic nitrogens is 4. The minimum absolute atomic E-state index is 0.0665. The lowest BCUT2D eigenvalue weighted by Gasteiger charge is -2.27. The average Bonchev–Trinajstić information content (AvgIpc) is 1.55. The standard InChI is InChI=1S/C58H44N2.C46H36N2/c1-58(2,3)57-47(43-29-33-55-51(37-43)49-35-41(39-17-8-4-9-18-39)27-31-53(49)59(55)45-21-12-6-13-22-45)25-16-26-48(57)44-30-34-56-52(38-44)50-36-42(40-19-10-5-11-20-40)28-32-54(50)60(56)46-23-14-7-15-24-46;1-46(2,3)45-35(31-23-27-33(28-24-31)47-41-19-8-4-13-37(41)38-14-5-9-20-42(38)47)17-12-18-36(45)32-25-29-34(30-26-32)48-43-21-10-6-15-39(43)40-16-7-11-22-44(40)48/h4-38H,1-3H3;4-30H,1-3H3. The number of rotatable bonds is 10. The lowest BCUT2D eigenvalue weighted by Crippen LogP contribution is -2.14. The van der Waals surface area contributed by atoms with Crippen LogP contribution in [0.2, 0.25) is 0 Å². The minimum atomic E-state index is -0.146. The van der Waals surface area contributed by atoms with E-state index in [9.17, 15) is 0 Å². The van der Waals surface area contributed by atoms with Gasteiger partial charge in [-0.1, -0.05) is 296 Å². The fourth-order valence-corrected chi connectivity index (χ4v) is 17.4. The molecule has 0 spiro atoms. The SMILES string of the molecule is CC(C)(C)c1c(-c2ccc(-n3c4ccccc4c4ccccc43)cc2)cccc1-c1ccc(-n2c3ccccc3c3ccccc32)cc1.CC(C)(C)c1c(-c2ccc3c(c2)c2cc(-c4ccccc4)ccc2n3-c2ccccc2)cccc1-c1ccc2c(c1)c1cc(-c3ccccc3)ccc1n2-c1ccccc1. The van der Waals surface area contributed by atoms with Gasteiger partial charge in [0, 0.05) is 65.8 Å². The number of benzene rings is 16. The van der Waals surface area contributed by atoms with Gasteiger partial charge in [-0.2, -0.15) is 0 Å². The molecule has 0 aliphatic rings. The first-order chi connectivity index (χ1) is 52.9. The molecule has 0 fully saturated rings. The van der Waals surface area contributed by atoms with Crippen molar-refractivity contribution in [1.82, 2.24) is 18.3 Å². The van der Waals surface area contributed by atoms with E-state index in [1.165, 1.54) is 176 Å². The molecule has 108 heavy (non-hydrogen) atoms. The summed E-state index contributed by atoms with van der Waals surface area (Å²) in [4.78, 5) is 0. The van der Waals surface area contributed by atoms with Crippen LogP contribution in [0.5, 0.6) is 0 Å². The Labute approximate surface area is 630 Å². The highest BCUT2D eigenvalue weighted by atomic mass is 15.0. The summed E-state index contributed by atoms with van der Waals surface area (Å²) in [6, 6.07) is 138. The second-order valence-corrected chi connectivity index (χ2v) is 30.8. The van der Waals surface area contributed by atoms with Gasteiger partial charge in [0.15, 0.2) is 0 Å². The van der Waals surface area contributed by atoms with Crippen LogP contribution >= 0.6 is 0 Å². The van der Waals surface area contributed by atoms with Crippen molar-refractivity contribution in [2.45, 2.75) is 52.4 Å². The maximum absolute atomic E-state index is 2.43. The lowest BCUT2D eigenvalue weighted by molar-refractivity contribution is 0.593. The molecule has 0 saturated heterocycles. The highest BCUT2D eigenvalue weighted by Crippen LogP contribution is 2.47. The van der Waals surface area contributed by atoms with Crippen molar-refractivity contribution in [3.8, 4) is 89.5 Å². The minimum Gasteiger partial charge on any atom is -0.309 e. The molecule has 0 saturated carbocycles. The zero-order valence-corrected chi connectivity index (χ0v) is 61.6. The summed E-state index contributed by atoms with van der Waals surface area (Å²) >= 11 is 0. The van der Waals surface area contributed by atoms with Gasteiger partial charge in [-0.3, -0.25) is 0 Å². The van der Waals surface area contributed by atoms with Crippen LogP contribution in [0.4, 0.5) is 0 Å². The lowest BCUT2D eigenvalue weighted by atomic mass is 9.77. The van der Waals surface area contributed by atoms with Gasteiger partial charge in [0.2, 0.25) is 0 Å². The summed E-state index contributed by atoms with van der Waals surface area (Å²) < 4.78 is 9.59. The van der Waals surface area contributed by atoms with E-state index in [0.717, 1.165) is 11.4 Å². The Morgan fingerprint density at radius 3 is 0.676 bits per heavy atom. The first kappa shape index (κ1) is 65.5. The van der Waals surface area contributed by atoms with Crippen LogP contribution in [-0.2, 0) is 10.8 Å². The van der Waals surface area contributed by atoms with Crippen molar-refractivity contribution in [3.05, 3.63) is 387 Å². The monoisotopic (exact) mass is 1380 g/mol. The van der Waals surface area contributed by atoms with E-state index in [1.54, 1.807) is 0 Å². The Morgan fingerprint density at radius 1 is 0.157 bits per heavy atom. The van der Waals surface area contributed by atoms with Gasteiger partial charge in [0.05, 0.1) is 44.1 Å². The summed E-state index contributed by atoms with van der Waals surface area (Å²) in [6.07, 6.45) is 0. The van der Waals surface area contributed by atoms with Gasteiger partial charge in [-0.25, -0.2) is 0 Å². The average molecular weight is 1390 g/mol. The fourth-order valence-electron chi connectivity index (χ4n) is 17.4. The number of hydrogen-bond donors (Lipinski definition) is 0. The summed E-state index contributed by atoms with van der Waals surface area (Å²) in [7, 11) is 0. The third-order valence-electron chi connectivity index (χ3n) is 22.1. The molecule has 0 atom stereocenters. The molecule has 4 nitrogen and oxygen atoms in total. The van der Waals surface area contributed by atoms with Crippen molar-refractivity contribution < 1.29 is 0 Å². The molecule has 4 heteroatoms. The highest BCUT2D eigenvalue weighted by Gasteiger charge is 2.28. The number of fused-ring (bicyclic) bond motifs is 12. The number of nitrogens with zero attached hydrogens (tertiary/aromatic N) is 4. The van der Waals surface area contributed by atoms with Gasteiger partial charge in [-0.05, 0) is 210 Å². The van der Waals surface area contributed by atoms with Crippen molar-refractivity contribution in [1.29, 1.82) is 0 Å². The second-order valence-electron chi connectivity index (χ2n) is 30.8. The summed E-state index contributed by atoms with van der Waals surface area (Å²) in [5.41, 5.74) is 31.8. The Bertz CT molecular complexity index is 6310. The van der Waals surface area contributed by atoms with Crippen LogP contribution in [0.15, 0.2) is 376 Å². The number of hydrogen-bond acceptors (Lipinski definition) is 0. The Balaban J connectivity index is 0.000000151. The number of para-hydroxylation sites is 6. The van der Waals surface area contributed by atoms with E-state index in [0.29, 0.717) is 0 Å². The van der Waals surface area contributed by atoms with Crippen molar-refractivity contribution in [2.24, 2.45) is 0 Å². The van der Waals surface area contributed by atoms with E-state index in [1.807, 2.05) is 0 Å². The van der Waals surface area contributed by atoms with Crippen molar-refractivity contribution in [2.75, 3.05) is 0 Å². The largest absolute Gasteiger partial charge is 0.309 e. The van der Waals surface area contributed by atoms with Crippen LogP contribution < -0.4 is 0 Å². The molecule has 4 aromatic heterocycles. The zero-order chi connectivity index (χ0) is 72.8. The van der Waals surface area contributed by atoms with Gasteiger partial charge in [0.25, 0.3) is 0 Å². The second kappa shape index (κ2) is 26.4. The third kappa shape index (κ3) is 11.3. The zero-order valence-electron chi connectivity index (χ0n) is 61.6. The van der Waals surface area contributed by atoms with Crippen molar-refractivity contribution >= 4 is 87.2 Å². The maximum Gasteiger partial charge on any atom is 0.0541 e. The third-order valence-corrected chi connectivity index (χ3v) is 22.1. The van der Waals surface area contributed by atoms with E-state index in [-0.39, 0.29) is 10.8 Å². The molecule has 0 aliphatic heterocycles. The normalized spacial score (nSPS) is 12.0. The molecule has 0 unspecified atom stereocenters. The Hall–Kier alpha value is -13.3. The van der Waals surface area contributed by atoms with E-state index >= 15 is 0 Å². The topological polar surface area (TPSA) is 19.7 Å². The van der Waals surface area contributed by atoms with Gasteiger partial charge < -0.3 is 18.3 Å². The quantitative estimate of drug-likeness (QED) is 0.130. The summed E-state index contributed by atoms with van der Waals surface area (Å²) in [6.45, 7) is 14.0. The van der Waals surface area contributed by atoms with Gasteiger partial charge >= 0.3 is 0 Å². The molecule has 0 N–H and O–H groups in total. The van der Waals surface area contributed by atoms with E-state index < -0.39 is 0 Å². The van der Waals surface area contributed by atoms with Crippen LogP contribution in [0.3, 0.4) is 0 Å². The molecule has 20 aromatic rings. The van der Waals surface area contributed by atoms with Gasteiger partial charge in [-0.15, -0.1) is 0 Å². The van der Waals surface area contributed by atoms with E-state index in [2.05, 4.69) is 436 Å². The van der Waals surface area contributed by atoms with E-state index in [4.69, 9.17) is 0 Å². The molecule has 0 bridgehead atoms. The predicted molar refractivity (Wildman–Crippen MR) is 460 cm³/mol. The summed E-state index contributed by atoms with van der Waals surface area (Å²) in [5, 5.41) is 10.1. The summed E-state index contributed by atoms with van der Waals surface area (Å²) in [5.74, 6) is 0. The molecule has 516 valence electrons. The molecule has 0 radical (unpaired) electrons. The molecule has 16 aromatic carbocycles. The molecule has 0 aliphatic carbocycles. The molecular weight excluding hydrogens is 1310 g/mol.